The van der Waals surface area contributed by atoms with E-state index in [1.54, 1.807) is 6.92 Å². The van der Waals surface area contributed by atoms with Gasteiger partial charge in [0.05, 0.1) is 5.92 Å². The predicted octanol–water partition coefficient (Wildman–Crippen LogP) is 0.450. The molecule has 0 rings (SSSR count). The fraction of sp³-hybridized carbons (Fsp3) is 0.818. The first-order valence-corrected chi connectivity index (χ1v) is 5.88. The third kappa shape index (κ3) is 6.42. The topological polar surface area (TPSA) is 66.6 Å². The van der Waals surface area contributed by atoms with Gasteiger partial charge in [-0.2, -0.15) is 13.2 Å². The van der Waals surface area contributed by atoms with Gasteiger partial charge in [0.25, 0.3) is 0 Å². The van der Waals surface area contributed by atoms with Gasteiger partial charge in [-0.15, -0.1) is 0 Å². The van der Waals surface area contributed by atoms with Crippen molar-refractivity contribution in [2.45, 2.75) is 19.5 Å². The molecule has 2 N–H and O–H groups in total. The zero-order chi connectivity index (χ0) is 15.2. The van der Waals surface area contributed by atoms with E-state index in [4.69, 9.17) is 5.73 Å². The van der Waals surface area contributed by atoms with Crippen LogP contribution in [0.5, 0.6) is 0 Å². The second-order valence-corrected chi connectivity index (χ2v) is 4.44. The number of carbonyl (C=O) groups excluding carboxylic acids is 2. The second-order valence-electron chi connectivity index (χ2n) is 4.44. The molecule has 1 atom stereocenters. The van der Waals surface area contributed by atoms with Crippen LogP contribution in [0.25, 0.3) is 0 Å². The number of alkyl halides is 3. The minimum Gasteiger partial charge on any atom is -0.347 e. The van der Waals surface area contributed by atoms with Crippen molar-refractivity contribution in [1.82, 2.24) is 9.80 Å². The van der Waals surface area contributed by atoms with E-state index in [-0.39, 0.29) is 6.54 Å². The van der Waals surface area contributed by atoms with Crippen molar-refractivity contribution in [3.63, 3.8) is 0 Å². The van der Waals surface area contributed by atoms with Crippen molar-refractivity contribution in [3.8, 4) is 0 Å². The lowest BCUT2D eigenvalue weighted by atomic mass is 10.1. The number of nitrogens with two attached hydrogens (primary N) is 1. The number of halogens is 3. The van der Waals surface area contributed by atoms with Crippen LogP contribution in [0.1, 0.15) is 13.3 Å². The Balaban J connectivity index is 4.95. The molecule has 1 unspecified atom stereocenters. The molecule has 0 saturated carbocycles. The summed E-state index contributed by atoms with van der Waals surface area (Å²) in [6, 6.07) is 0. The van der Waals surface area contributed by atoms with E-state index >= 15 is 0 Å². The fourth-order valence-electron chi connectivity index (χ4n) is 1.43. The quantitative estimate of drug-likeness (QED) is 0.769. The van der Waals surface area contributed by atoms with Crippen LogP contribution in [-0.4, -0.2) is 61.5 Å². The highest BCUT2D eigenvalue weighted by Crippen LogP contribution is 2.18. The molecule has 0 heterocycles. The monoisotopic (exact) mass is 283 g/mol. The molecule has 8 heteroatoms. The van der Waals surface area contributed by atoms with Gasteiger partial charge >= 0.3 is 6.18 Å². The SMILES string of the molecule is CCC(CN)C(=O)N(CC(=O)N(C)C)CC(F)(F)F. The largest absolute Gasteiger partial charge is 0.406 e. The molecule has 0 aromatic rings. The zero-order valence-corrected chi connectivity index (χ0v) is 11.3. The summed E-state index contributed by atoms with van der Waals surface area (Å²) in [5.41, 5.74) is 5.35. The summed E-state index contributed by atoms with van der Waals surface area (Å²) in [5, 5.41) is 0. The van der Waals surface area contributed by atoms with Gasteiger partial charge in [-0.3, -0.25) is 9.59 Å². The first-order valence-electron chi connectivity index (χ1n) is 5.88. The average molecular weight is 283 g/mol. The summed E-state index contributed by atoms with van der Waals surface area (Å²) in [6.45, 7) is -0.418. The van der Waals surface area contributed by atoms with E-state index in [1.807, 2.05) is 0 Å². The smallest absolute Gasteiger partial charge is 0.347 e. The van der Waals surface area contributed by atoms with Crippen LogP contribution in [0.2, 0.25) is 0 Å². The molecule has 0 aromatic carbocycles. The van der Waals surface area contributed by atoms with Crippen molar-refractivity contribution in [2.75, 3.05) is 33.7 Å². The van der Waals surface area contributed by atoms with Crippen LogP contribution in [-0.2, 0) is 9.59 Å². The summed E-state index contributed by atoms with van der Waals surface area (Å²) in [7, 11) is 2.83. The molecule has 0 aliphatic carbocycles. The Hall–Kier alpha value is -1.31. The molecule has 19 heavy (non-hydrogen) atoms. The number of hydrogen-bond acceptors (Lipinski definition) is 3. The normalized spacial score (nSPS) is 13.0. The number of nitrogens with zero attached hydrogens (tertiary/aromatic N) is 2. The highest BCUT2D eigenvalue weighted by molar-refractivity contribution is 5.85. The van der Waals surface area contributed by atoms with Crippen molar-refractivity contribution < 1.29 is 22.8 Å². The van der Waals surface area contributed by atoms with Gasteiger partial charge < -0.3 is 15.5 Å². The van der Waals surface area contributed by atoms with Gasteiger partial charge in [0.1, 0.15) is 13.1 Å². The van der Waals surface area contributed by atoms with Crippen molar-refractivity contribution >= 4 is 11.8 Å². The first-order chi connectivity index (χ1) is 8.62. The van der Waals surface area contributed by atoms with Crippen LogP contribution in [0.15, 0.2) is 0 Å². The van der Waals surface area contributed by atoms with Gasteiger partial charge in [-0.05, 0) is 6.42 Å². The van der Waals surface area contributed by atoms with E-state index in [0.29, 0.717) is 11.3 Å². The average Bonchev–Trinajstić information content (AvgIpc) is 2.27. The number of rotatable bonds is 6. The Labute approximate surface area is 110 Å². The maximum Gasteiger partial charge on any atom is 0.406 e. The number of likely N-dealkylation sites (N-methyl/N-ethyl adjacent to an activating group) is 1. The minimum atomic E-state index is -4.55. The van der Waals surface area contributed by atoms with E-state index in [1.165, 1.54) is 14.1 Å². The molecule has 0 saturated heterocycles. The molecule has 112 valence electrons. The molecule has 0 radical (unpaired) electrons. The lowest BCUT2D eigenvalue weighted by molar-refractivity contribution is -0.166. The molecular formula is C11H20F3N3O2. The maximum absolute atomic E-state index is 12.4. The molecule has 0 spiro atoms. The summed E-state index contributed by atoms with van der Waals surface area (Å²) in [4.78, 5) is 25.0. The van der Waals surface area contributed by atoms with Crippen molar-refractivity contribution in [3.05, 3.63) is 0 Å². The molecule has 0 fully saturated rings. The third-order valence-electron chi connectivity index (χ3n) is 2.63. The van der Waals surface area contributed by atoms with Crippen LogP contribution < -0.4 is 5.73 Å². The van der Waals surface area contributed by atoms with E-state index < -0.39 is 37.0 Å². The number of carbonyl (C=O) groups is 2. The Bertz CT molecular complexity index is 315. The van der Waals surface area contributed by atoms with Crippen LogP contribution in [0.4, 0.5) is 13.2 Å². The lowest BCUT2D eigenvalue weighted by Gasteiger charge is -2.27. The lowest BCUT2D eigenvalue weighted by Crippen LogP contribution is -2.48. The van der Waals surface area contributed by atoms with E-state index in [2.05, 4.69) is 0 Å². The Morgan fingerprint density at radius 3 is 2.11 bits per heavy atom. The molecule has 5 nitrogen and oxygen atoms in total. The Morgan fingerprint density at radius 2 is 1.79 bits per heavy atom. The van der Waals surface area contributed by atoms with Crippen LogP contribution in [0.3, 0.4) is 0 Å². The maximum atomic E-state index is 12.4. The van der Waals surface area contributed by atoms with Crippen molar-refractivity contribution in [1.29, 1.82) is 0 Å². The first kappa shape index (κ1) is 17.7. The van der Waals surface area contributed by atoms with Crippen molar-refractivity contribution in [2.24, 2.45) is 11.7 Å². The number of amides is 2. The van der Waals surface area contributed by atoms with Gasteiger partial charge in [0, 0.05) is 20.6 Å². The summed E-state index contributed by atoms with van der Waals surface area (Å²) < 4.78 is 37.3. The Morgan fingerprint density at radius 1 is 1.26 bits per heavy atom. The minimum absolute atomic E-state index is 0.0418. The summed E-state index contributed by atoms with van der Waals surface area (Å²) in [6.07, 6.45) is -4.21. The number of hydrogen-bond donors (Lipinski definition) is 1. The molecule has 0 aliphatic heterocycles. The standard InChI is InChI=1S/C11H20F3N3O2/c1-4-8(5-15)10(19)17(7-11(12,13)14)6-9(18)16(2)3/h8H,4-7,15H2,1-3H3. The van der Waals surface area contributed by atoms with Crippen LogP contribution in [0, 0.1) is 5.92 Å². The summed E-state index contributed by atoms with van der Waals surface area (Å²) in [5.74, 6) is -2.00. The molecule has 0 aromatic heterocycles. The summed E-state index contributed by atoms with van der Waals surface area (Å²) >= 11 is 0. The Kier molecular flexibility index (Phi) is 6.82. The second kappa shape index (κ2) is 7.32. The van der Waals surface area contributed by atoms with Crippen LogP contribution >= 0.6 is 0 Å². The fourth-order valence-corrected chi connectivity index (χ4v) is 1.43. The third-order valence-corrected chi connectivity index (χ3v) is 2.63. The predicted molar refractivity (Wildman–Crippen MR) is 64.2 cm³/mol. The zero-order valence-electron chi connectivity index (χ0n) is 11.3. The molecule has 0 aliphatic rings. The molecular weight excluding hydrogens is 263 g/mol. The molecule has 2 amide bonds. The van der Waals surface area contributed by atoms with Gasteiger partial charge in [-0.1, -0.05) is 6.92 Å². The van der Waals surface area contributed by atoms with E-state index in [9.17, 15) is 22.8 Å². The van der Waals surface area contributed by atoms with Gasteiger partial charge in [-0.25, -0.2) is 0 Å². The molecule has 0 bridgehead atoms. The highest BCUT2D eigenvalue weighted by Gasteiger charge is 2.35. The van der Waals surface area contributed by atoms with Gasteiger partial charge in [0.15, 0.2) is 0 Å². The highest BCUT2D eigenvalue weighted by atomic mass is 19.4. The van der Waals surface area contributed by atoms with Gasteiger partial charge in [0.2, 0.25) is 11.8 Å². The van der Waals surface area contributed by atoms with E-state index in [0.717, 1.165) is 4.90 Å².